The lowest BCUT2D eigenvalue weighted by molar-refractivity contribution is 0.0865. The molecule has 0 aliphatic heterocycles. The Morgan fingerprint density at radius 2 is 2.11 bits per heavy atom. The van der Waals surface area contributed by atoms with Crippen LogP contribution in [0.3, 0.4) is 0 Å². The first-order chi connectivity index (χ1) is 8.78. The number of nitrogens with zero attached hydrogens (tertiary/aromatic N) is 1. The summed E-state index contributed by atoms with van der Waals surface area (Å²) in [6, 6.07) is 3.42. The summed E-state index contributed by atoms with van der Waals surface area (Å²) >= 11 is 0. The largest absolute Gasteiger partial charge is 0.481 e. The molecule has 0 bridgehead atoms. The van der Waals surface area contributed by atoms with Crippen molar-refractivity contribution < 1.29 is 14.3 Å². The molecule has 1 fully saturated rings. The Balaban J connectivity index is 1.82. The van der Waals surface area contributed by atoms with Gasteiger partial charge in [0.15, 0.2) is 0 Å². The molecule has 1 aliphatic rings. The predicted molar refractivity (Wildman–Crippen MR) is 67.8 cm³/mol. The third kappa shape index (κ3) is 3.61. The predicted octanol–water partition coefficient (Wildman–Crippen LogP) is 2.97. The number of pyridine rings is 1. The molecule has 0 aromatic carbocycles. The number of anilines is 1. The molecule has 18 heavy (non-hydrogen) atoms. The van der Waals surface area contributed by atoms with E-state index in [1.54, 1.807) is 25.4 Å². The molecule has 1 aromatic heterocycles. The van der Waals surface area contributed by atoms with Crippen LogP contribution in [0.2, 0.25) is 0 Å². The van der Waals surface area contributed by atoms with E-state index in [9.17, 15) is 4.79 Å². The van der Waals surface area contributed by atoms with Gasteiger partial charge in [-0.05, 0) is 31.7 Å². The highest BCUT2D eigenvalue weighted by Crippen LogP contribution is 2.21. The van der Waals surface area contributed by atoms with E-state index in [1.807, 2.05) is 0 Å². The van der Waals surface area contributed by atoms with Gasteiger partial charge in [0.1, 0.15) is 6.10 Å². The minimum Gasteiger partial charge on any atom is -0.481 e. The zero-order valence-electron chi connectivity index (χ0n) is 10.5. The molecule has 98 valence electrons. The van der Waals surface area contributed by atoms with Crippen molar-refractivity contribution in [3.8, 4) is 5.88 Å². The number of carbonyl (C=O) groups excluding carboxylic acids is 1. The van der Waals surface area contributed by atoms with Gasteiger partial charge in [-0.25, -0.2) is 9.78 Å². The Labute approximate surface area is 107 Å². The van der Waals surface area contributed by atoms with Crippen LogP contribution in [0.4, 0.5) is 10.5 Å². The van der Waals surface area contributed by atoms with Gasteiger partial charge in [0.2, 0.25) is 5.88 Å². The summed E-state index contributed by atoms with van der Waals surface area (Å²) in [7, 11) is 1.55. The molecule has 0 saturated heterocycles. The lowest BCUT2D eigenvalue weighted by Crippen LogP contribution is -2.24. The van der Waals surface area contributed by atoms with Gasteiger partial charge in [0.05, 0.1) is 19.0 Å². The van der Waals surface area contributed by atoms with E-state index < -0.39 is 6.09 Å². The Morgan fingerprint density at radius 1 is 1.33 bits per heavy atom. The van der Waals surface area contributed by atoms with Crippen LogP contribution < -0.4 is 10.1 Å². The maximum atomic E-state index is 11.6. The van der Waals surface area contributed by atoms with E-state index in [2.05, 4.69) is 10.3 Å². The van der Waals surface area contributed by atoms with Crippen molar-refractivity contribution in [2.45, 2.75) is 38.2 Å². The minimum absolute atomic E-state index is 0.0601. The molecule has 1 aliphatic carbocycles. The van der Waals surface area contributed by atoms with Crippen LogP contribution in [-0.2, 0) is 4.74 Å². The van der Waals surface area contributed by atoms with Crippen LogP contribution in [-0.4, -0.2) is 24.3 Å². The summed E-state index contributed by atoms with van der Waals surface area (Å²) in [4.78, 5) is 15.6. The number of rotatable bonds is 3. The molecule has 1 heterocycles. The summed E-state index contributed by atoms with van der Waals surface area (Å²) in [5.74, 6) is 0.515. The SMILES string of the molecule is COc1ccc(NC(=O)OC2CCCCC2)cn1. The molecular weight excluding hydrogens is 232 g/mol. The van der Waals surface area contributed by atoms with E-state index in [4.69, 9.17) is 9.47 Å². The van der Waals surface area contributed by atoms with Crippen molar-refractivity contribution >= 4 is 11.8 Å². The first kappa shape index (κ1) is 12.7. The second kappa shape index (κ2) is 6.23. The third-order valence-corrected chi connectivity index (χ3v) is 3.02. The van der Waals surface area contributed by atoms with Crippen LogP contribution in [0.25, 0.3) is 0 Å². The summed E-state index contributed by atoms with van der Waals surface area (Å²) in [6.07, 6.45) is 6.65. The molecule has 2 rings (SSSR count). The number of hydrogen-bond acceptors (Lipinski definition) is 4. The second-order valence-corrected chi connectivity index (χ2v) is 4.38. The van der Waals surface area contributed by atoms with E-state index in [1.165, 1.54) is 6.42 Å². The van der Waals surface area contributed by atoms with Gasteiger partial charge in [-0.15, -0.1) is 0 Å². The molecule has 0 atom stereocenters. The number of carbonyl (C=O) groups is 1. The fourth-order valence-electron chi connectivity index (χ4n) is 2.06. The zero-order chi connectivity index (χ0) is 12.8. The maximum Gasteiger partial charge on any atom is 0.411 e. The van der Waals surface area contributed by atoms with Gasteiger partial charge in [0, 0.05) is 6.07 Å². The molecule has 0 spiro atoms. The number of methoxy groups -OCH3 is 1. The smallest absolute Gasteiger partial charge is 0.411 e. The average molecular weight is 250 g/mol. The molecular formula is C13H18N2O3. The normalized spacial score (nSPS) is 16.1. The Hall–Kier alpha value is -1.78. The topological polar surface area (TPSA) is 60.5 Å². The fraction of sp³-hybridized carbons (Fsp3) is 0.538. The van der Waals surface area contributed by atoms with Crippen LogP contribution in [0.15, 0.2) is 18.3 Å². The summed E-state index contributed by atoms with van der Waals surface area (Å²) in [6.45, 7) is 0. The fourth-order valence-corrected chi connectivity index (χ4v) is 2.06. The third-order valence-electron chi connectivity index (χ3n) is 3.02. The van der Waals surface area contributed by atoms with E-state index in [0.29, 0.717) is 11.6 Å². The zero-order valence-corrected chi connectivity index (χ0v) is 10.5. The molecule has 1 N–H and O–H groups in total. The van der Waals surface area contributed by atoms with Gasteiger partial charge >= 0.3 is 6.09 Å². The molecule has 1 aromatic rings. The quantitative estimate of drug-likeness (QED) is 0.895. The summed E-state index contributed by atoms with van der Waals surface area (Å²) in [5, 5.41) is 2.66. The molecule has 0 unspecified atom stereocenters. The number of aromatic nitrogens is 1. The van der Waals surface area contributed by atoms with Crippen molar-refractivity contribution in [2.24, 2.45) is 0 Å². The van der Waals surface area contributed by atoms with Crippen molar-refractivity contribution in [1.29, 1.82) is 0 Å². The number of nitrogens with one attached hydrogen (secondary N) is 1. The molecule has 5 heteroatoms. The van der Waals surface area contributed by atoms with Gasteiger partial charge < -0.3 is 9.47 Å². The van der Waals surface area contributed by atoms with Crippen molar-refractivity contribution in [1.82, 2.24) is 4.98 Å². The number of hydrogen-bond donors (Lipinski definition) is 1. The van der Waals surface area contributed by atoms with Gasteiger partial charge in [-0.3, -0.25) is 5.32 Å². The van der Waals surface area contributed by atoms with Gasteiger partial charge in [0.25, 0.3) is 0 Å². The minimum atomic E-state index is -0.408. The first-order valence-corrected chi connectivity index (χ1v) is 6.25. The Kier molecular flexibility index (Phi) is 4.39. The second-order valence-electron chi connectivity index (χ2n) is 4.38. The molecule has 1 amide bonds. The molecule has 5 nitrogen and oxygen atoms in total. The van der Waals surface area contributed by atoms with Crippen LogP contribution in [0.1, 0.15) is 32.1 Å². The number of ether oxygens (including phenoxy) is 2. The molecule has 1 saturated carbocycles. The highest BCUT2D eigenvalue weighted by molar-refractivity contribution is 5.84. The first-order valence-electron chi connectivity index (χ1n) is 6.25. The average Bonchev–Trinajstić information content (AvgIpc) is 2.40. The van der Waals surface area contributed by atoms with E-state index >= 15 is 0 Å². The highest BCUT2D eigenvalue weighted by Gasteiger charge is 2.17. The lowest BCUT2D eigenvalue weighted by Gasteiger charge is -2.21. The lowest BCUT2D eigenvalue weighted by atomic mass is 9.98. The van der Waals surface area contributed by atoms with Gasteiger partial charge in [-0.1, -0.05) is 6.42 Å². The monoisotopic (exact) mass is 250 g/mol. The number of amides is 1. The van der Waals surface area contributed by atoms with Gasteiger partial charge in [-0.2, -0.15) is 0 Å². The Morgan fingerprint density at radius 3 is 2.72 bits per heavy atom. The standard InChI is InChI=1S/C13H18N2O3/c1-17-12-8-7-10(9-14-12)15-13(16)18-11-5-3-2-4-6-11/h7-9,11H,2-6H2,1H3,(H,15,16). The highest BCUT2D eigenvalue weighted by atomic mass is 16.6. The summed E-state index contributed by atoms with van der Waals surface area (Å²) in [5.41, 5.74) is 0.608. The van der Waals surface area contributed by atoms with Crippen molar-refractivity contribution in [2.75, 3.05) is 12.4 Å². The van der Waals surface area contributed by atoms with Crippen LogP contribution in [0.5, 0.6) is 5.88 Å². The Bertz CT molecular complexity index is 386. The maximum absolute atomic E-state index is 11.6. The van der Waals surface area contributed by atoms with E-state index in [0.717, 1.165) is 25.7 Å². The summed E-state index contributed by atoms with van der Waals surface area (Å²) < 4.78 is 10.3. The van der Waals surface area contributed by atoms with Crippen LogP contribution >= 0.6 is 0 Å². The van der Waals surface area contributed by atoms with E-state index in [-0.39, 0.29) is 6.10 Å². The van der Waals surface area contributed by atoms with Crippen LogP contribution in [0, 0.1) is 0 Å². The molecule has 0 radical (unpaired) electrons. The van der Waals surface area contributed by atoms with Crippen molar-refractivity contribution in [3.05, 3.63) is 18.3 Å². The van der Waals surface area contributed by atoms with Crippen molar-refractivity contribution in [3.63, 3.8) is 0 Å².